The van der Waals surface area contributed by atoms with E-state index in [4.69, 9.17) is 5.11 Å². The predicted molar refractivity (Wildman–Crippen MR) is 34.6 cm³/mol. The summed E-state index contributed by atoms with van der Waals surface area (Å²) in [6, 6.07) is 1.56. The van der Waals surface area contributed by atoms with Crippen molar-refractivity contribution in [3.05, 3.63) is 29.6 Å². The highest BCUT2D eigenvalue weighted by Crippen LogP contribution is 2.26. The van der Waals surface area contributed by atoms with Gasteiger partial charge in [-0.05, 0) is 6.07 Å². The molecule has 0 aromatic carbocycles. The molecule has 4 heteroatoms. The van der Waals surface area contributed by atoms with Crippen molar-refractivity contribution in [3.63, 3.8) is 0 Å². The number of ether oxygens (including phenoxy) is 1. The molecule has 11 heavy (non-hydrogen) atoms. The van der Waals surface area contributed by atoms with Crippen LogP contribution in [0, 0.1) is 0 Å². The van der Waals surface area contributed by atoms with Crippen LogP contribution in [0.2, 0.25) is 0 Å². The lowest BCUT2D eigenvalue weighted by atomic mass is 10.2. The van der Waals surface area contributed by atoms with E-state index in [9.17, 15) is 4.79 Å². The lowest BCUT2D eigenvalue weighted by molar-refractivity contribution is -0.0547. The molecule has 0 aliphatic carbocycles. The van der Waals surface area contributed by atoms with Crippen LogP contribution in [0.5, 0.6) is 0 Å². The molecule has 2 heterocycles. The minimum atomic E-state index is -1.11. The largest absolute Gasteiger partial charge is 0.428 e. The van der Waals surface area contributed by atoms with Crippen molar-refractivity contribution in [1.82, 2.24) is 4.98 Å². The number of cyclic esters (lactones) is 1. The number of fused-ring (bicyclic) bond motifs is 1. The fraction of sp³-hybridized carbons (Fsp3) is 0.143. The number of hydrogen-bond donors (Lipinski definition) is 1. The van der Waals surface area contributed by atoms with Crippen LogP contribution < -0.4 is 0 Å². The second kappa shape index (κ2) is 2.03. The average molecular weight is 151 g/mol. The number of aliphatic hydroxyl groups excluding tert-OH is 1. The second-order valence-corrected chi connectivity index (χ2v) is 2.22. The molecule has 1 aliphatic rings. The molecule has 0 saturated carbocycles. The van der Waals surface area contributed by atoms with E-state index in [1.165, 1.54) is 12.4 Å². The van der Waals surface area contributed by atoms with Crippen LogP contribution in [0.3, 0.4) is 0 Å². The first-order valence-corrected chi connectivity index (χ1v) is 3.12. The summed E-state index contributed by atoms with van der Waals surface area (Å²) in [6.45, 7) is 0. The van der Waals surface area contributed by atoms with Crippen molar-refractivity contribution in [3.8, 4) is 0 Å². The zero-order chi connectivity index (χ0) is 7.84. The van der Waals surface area contributed by atoms with E-state index in [1.54, 1.807) is 6.07 Å². The Hall–Kier alpha value is -1.42. The molecule has 0 spiro atoms. The van der Waals surface area contributed by atoms with Crippen molar-refractivity contribution < 1.29 is 14.6 Å². The Morgan fingerprint density at radius 2 is 2.45 bits per heavy atom. The molecule has 1 aromatic heterocycles. The molecular formula is C7H5NO3. The molecule has 0 fully saturated rings. The van der Waals surface area contributed by atoms with Gasteiger partial charge < -0.3 is 9.84 Å². The van der Waals surface area contributed by atoms with Crippen LogP contribution in [0.15, 0.2) is 18.5 Å². The normalized spacial score (nSPS) is 21.2. The third-order valence-electron chi connectivity index (χ3n) is 1.56. The Bertz CT molecular complexity index is 310. The van der Waals surface area contributed by atoms with E-state index in [2.05, 4.69) is 9.72 Å². The zero-order valence-corrected chi connectivity index (χ0v) is 5.52. The molecular weight excluding hydrogens is 146 g/mol. The highest BCUT2D eigenvalue weighted by Gasteiger charge is 2.28. The average Bonchev–Trinajstić information content (AvgIpc) is 2.30. The van der Waals surface area contributed by atoms with Crippen LogP contribution in [0.4, 0.5) is 0 Å². The predicted octanol–water partition coefficient (Wildman–Crippen LogP) is 0.243. The number of rotatable bonds is 0. The van der Waals surface area contributed by atoms with Crippen molar-refractivity contribution in [1.29, 1.82) is 0 Å². The van der Waals surface area contributed by atoms with Crippen molar-refractivity contribution in [2.24, 2.45) is 0 Å². The van der Waals surface area contributed by atoms with E-state index in [0.717, 1.165) is 0 Å². The number of esters is 1. The molecule has 1 aliphatic heterocycles. The summed E-state index contributed by atoms with van der Waals surface area (Å²) < 4.78 is 4.51. The first-order valence-electron chi connectivity index (χ1n) is 3.12. The van der Waals surface area contributed by atoms with Crippen molar-refractivity contribution in [2.45, 2.75) is 6.29 Å². The lowest BCUT2D eigenvalue weighted by Crippen LogP contribution is -1.95. The Labute approximate surface area is 62.4 Å². The molecule has 1 N–H and O–H groups in total. The van der Waals surface area contributed by atoms with E-state index in [-0.39, 0.29) is 0 Å². The third kappa shape index (κ3) is 0.798. The summed E-state index contributed by atoms with van der Waals surface area (Å²) in [7, 11) is 0. The first-order chi connectivity index (χ1) is 5.29. The molecule has 0 saturated heterocycles. The smallest absolute Gasteiger partial charge is 0.342 e. The van der Waals surface area contributed by atoms with Gasteiger partial charge in [-0.1, -0.05) is 0 Å². The summed E-state index contributed by atoms with van der Waals surface area (Å²) in [4.78, 5) is 14.6. The van der Waals surface area contributed by atoms with Crippen LogP contribution in [0.25, 0.3) is 0 Å². The Kier molecular flexibility index (Phi) is 1.16. The monoisotopic (exact) mass is 151 g/mol. The maximum atomic E-state index is 10.9. The Morgan fingerprint density at radius 1 is 1.64 bits per heavy atom. The van der Waals surface area contributed by atoms with Gasteiger partial charge in [0.15, 0.2) is 0 Å². The topological polar surface area (TPSA) is 59.4 Å². The molecule has 1 atom stereocenters. The Balaban J connectivity index is 2.60. The summed E-state index contributed by atoms with van der Waals surface area (Å²) in [5.74, 6) is -0.513. The number of aliphatic hydroxyl groups is 1. The van der Waals surface area contributed by atoms with Crippen LogP contribution in [-0.4, -0.2) is 16.1 Å². The van der Waals surface area contributed by atoms with Crippen LogP contribution >= 0.6 is 0 Å². The number of carbonyl (C=O) groups excluding carboxylic acids is 1. The summed E-state index contributed by atoms with van der Waals surface area (Å²) >= 11 is 0. The molecule has 0 radical (unpaired) electrons. The van der Waals surface area contributed by atoms with Crippen molar-refractivity contribution in [2.75, 3.05) is 0 Å². The Morgan fingerprint density at radius 3 is 3.18 bits per heavy atom. The lowest BCUT2D eigenvalue weighted by Gasteiger charge is -1.98. The third-order valence-corrected chi connectivity index (χ3v) is 1.56. The van der Waals surface area contributed by atoms with Gasteiger partial charge in [-0.15, -0.1) is 0 Å². The van der Waals surface area contributed by atoms with Gasteiger partial charge in [0.05, 0.1) is 5.56 Å². The quantitative estimate of drug-likeness (QED) is 0.539. The summed E-state index contributed by atoms with van der Waals surface area (Å²) in [5.41, 5.74) is 0.838. The number of carbonyl (C=O) groups is 1. The van der Waals surface area contributed by atoms with Gasteiger partial charge in [0.25, 0.3) is 0 Å². The molecule has 4 nitrogen and oxygen atoms in total. The number of pyridine rings is 1. The molecule has 1 aromatic rings. The highest BCUT2D eigenvalue weighted by atomic mass is 16.6. The fourth-order valence-corrected chi connectivity index (χ4v) is 1.02. The standard InChI is InChI=1S/C7H5NO3/c9-6-4-1-2-8-3-5(4)7(10)11-6/h1-3,6,9H. The first kappa shape index (κ1) is 6.30. The van der Waals surface area contributed by atoms with Gasteiger partial charge in [-0.2, -0.15) is 0 Å². The van der Waals surface area contributed by atoms with E-state index < -0.39 is 12.3 Å². The van der Waals surface area contributed by atoms with Gasteiger partial charge in [0, 0.05) is 18.0 Å². The van der Waals surface area contributed by atoms with E-state index >= 15 is 0 Å². The van der Waals surface area contributed by atoms with Gasteiger partial charge in [0.2, 0.25) is 6.29 Å². The minimum Gasteiger partial charge on any atom is -0.428 e. The molecule has 2 rings (SSSR count). The van der Waals surface area contributed by atoms with Gasteiger partial charge in [-0.3, -0.25) is 4.98 Å². The molecule has 0 amide bonds. The van der Waals surface area contributed by atoms with Crippen LogP contribution in [-0.2, 0) is 4.74 Å². The van der Waals surface area contributed by atoms with Crippen LogP contribution in [0.1, 0.15) is 22.2 Å². The van der Waals surface area contributed by atoms with Gasteiger partial charge in [-0.25, -0.2) is 4.79 Å². The molecule has 56 valence electrons. The minimum absolute atomic E-state index is 0.347. The summed E-state index contributed by atoms with van der Waals surface area (Å²) in [5, 5.41) is 9.08. The summed E-state index contributed by atoms with van der Waals surface area (Å²) in [6.07, 6.45) is 1.78. The maximum absolute atomic E-state index is 10.9. The van der Waals surface area contributed by atoms with Gasteiger partial charge >= 0.3 is 5.97 Å². The van der Waals surface area contributed by atoms with E-state index in [1.807, 2.05) is 0 Å². The molecule has 1 unspecified atom stereocenters. The second-order valence-electron chi connectivity index (χ2n) is 2.22. The molecule has 0 bridgehead atoms. The number of hydrogen-bond acceptors (Lipinski definition) is 4. The van der Waals surface area contributed by atoms with Crippen molar-refractivity contribution >= 4 is 5.97 Å². The SMILES string of the molecule is O=C1OC(O)c2ccncc21. The maximum Gasteiger partial charge on any atom is 0.342 e. The van der Waals surface area contributed by atoms with Gasteiger partial charge in [0.1, 0.15) is 0 Å². The zero-order valence-electron chi connectivity index (χ0n) is 5.52. The fourth-order valence-electron chi connectivity index (χ4n) is 1.02. The van der Waals surface area contributed by atoms with E-state index in [0.29, 0.717) is 11.1 Å². The number of aromatic nitrogens is 1. The highest BCUT2D eigenvalue weighted by molar-refractivity contribution is 5.93. The number of nitrogens with zero attached hydrogens (tertiary/aromatic N) is 1.